The maximum atomic E-state index is 8.98. The van der Waals surface area contributed by atoms with Gasteiger partial charge in [-0.05, 0) is 0 Å². The van der Waals surface area contributed by atoms with Gasteiger partial charge >= 0.3 is 17.3 Å². The van der Waals surface area contributed by atoms with Crippen LogP contribution in [0.4, 0.5) is 0 Å². The van der Waals surface area contributed by atoms with Gasteiger partial charge < -0.3 is 15.3 Å². The first kappa shape index (κ1) is 33.8. The number of ketones is 3. The van der Waals surface area contributed by atoms with Crippen LogP contribution >= 0.6 is 0 Å². The van der Waals surface area contributed by atoms with Crippen molar-refractivity contribution in [2.75, 3.05) is 0 Å². The van der Waals surface area contributed by atoms with Gasteiger partial charge in [0.1, 0.15) is 17.3 Å². The normalized spacial score (nSPS) is 11.8. The van der Waals surface area contributed by atoms with Crippen LogP contribution in [0.5, 0.6) is 0 Å². The first-order valence-corrected chi connectivity index (χ1v) is 8.90. The molecule has 7 heteroatoms. The van der Waals surface area contributed by atoms with Crippen LogP contribution in [0, 0.1) is 17.8 Å². The molecule has 0 atom stereocenters. The number of hydrogen-bond donors (Lipinski definition) is 3. The second-order valence-electron chi connectivity index (χ2n) is 7.10. The molecule has 0 unspecified atom stereocenters. The summed E-state index contributed by atoms with van der Waals surface area (Å²) in [4.78, 5) is 26.0. The minimum atomic E-state index is 0. The van der Waals surface area contributed by atoms with Crippen molar-refractivity contribution < 1.29 is 49.8 Å². The zero-order valence-electron chi connectivity index (χ0n) is 18.5. The molecule has 0 aliphatic carbocycles. The second kappa shape index (κ2) is 18.6. The zero-order chi connectivity index (χ0) is 22.3. The maximum Gasteiger partial charge on any atom is 0.316 e. The third-order valence-corrected chi connectivity index (χ3v) is 2.84. The van der Waals surface area contributed by atoms with Crippen molar-refractivity contribution in [1.82, 2.24) is 0 Å². The molecule has 0 aromatic carbocycles. The van der Waals surface area contributed by atoms with E-state index in [9.17, 15) is 0 Å². The van der Waals surface area contributed by atoms with Crippen LogP contribution in [0.1, 0.15) is 62.3 Å². The number of rotatable bonds is 6. The summed E-state index contributed by atoms with van der Waals surface area (Å²) in [6, 6.07) is 0. The first-order chi connectivity index (χ1) is 12.1. The molecule has 1 radical (unpaired) electrons. The molecule has 0 bridgehead atoms. The van der Waals surface area contributed by atoms with Crippen LogP contribution in [-0.2, 0) is 20.1 Å². The third-order valence-electron chi connectivity index (χ3n) is 2.84. The molecular formula is C21H39IrO6+3. The number of aliphatic hydroxyl groups excluding tert-OH is 3. The molecule has 0 saturated carbocycles. The van der Waals surface area contributed by atoms with Crippen LogP contribution in [0.2, 0.25) is 0 Å². The van der Waals surface area contributed by atoms with E-state index in [4.69, 9.17) is 29.7 Å². The maximum absolute atomic E-state index is 8.98. The van der Waals surface area contributed by atoms with Gasteiger partial charge in [-0.25, -0.2) is 0 Å². The van der Waals surface area contributed by atoms with Crippen molar-refractivity contribution in [3.8, 4) is 0 Å². The third kappa shape index (κ3) is 26.5. The Morgan fingerprint density at radius 1 is 0.536 bits per heavy atom. The van der Waals surface area contributed by atoms with Crippen molar-refractivity contribution in [1.29, 1.82) is 0 Å². The molecule has 6 N–H and O–H groups in total. The number of hydrogen-bond acceptors (Lipinski definition) is 3. The van der Waals surface area contributed by atoms with Gasteiger partial charge in [-0.15, -0.1) is 0 Å². The molecule has 0 aromatic rings. The summed E-state index contributed by atoms with van der Waals surface area (Å²) in [6.45, 7) is 15.7. The summed E-state index contributed by atoms with van der Waals surface area (Å²) in [7, 11) is 0. The van der Waals surface area contributed by atoms with Gasteiger partial charge in [0.25, 0.3) is 0 Å². The summed E-state index contributed by atoms with van der Waals surface area (Å²) in [5.74, 6) is 1.34. The minimum absolute atomic E-state index is 0. The van der Waals surface area contributed by atoms with E-state index >= 15 is 0 Å². The Bertz CT molecular complexity index is 489. The molecule has 0 amide bonds. The van der Waals surface area contributed by atoms with Gasteiger partial charge in [-0.2, -0.15) is 0 Å². The molecular weight excluding hydrogens is 540 g/mol. The standard InChI is InChI=1S/3C7H12O2.Ir/c3*1-5(2)7(9)4-6(3)8;/h3*4-5,9H,1-3H3;/p+3/b3*7-4-;. The topological polar surface area (TPSA) is 125 Å². The van der Waals surface area contributed by atoms with E-state index < -0.39 is 0 Å². The molecule has 165 valence electrons. The van der Waals surface area contributed by atoms with Crippen LogP contribution in [0.3, 0.4) is 0 Å². The van der Waals surface area contributed by atoms with E-state index in [1.807, 2.05) is 41.5 Å². The Labute approximate surface area is 182 Å². The molecule has 6 nitrogen and oxygen atoms in total. The van der Waals surface area contributed by atoms with E-state index in [2.05, 4.69) is 0 Å². The van der Waals surface area contributed by atoms with Crippen LogP contribution in [0.15, 0.2) is 35.5 Å². The van der Waals surface area contributed by atoms with Gasteiger partial charge in [0, 0.05) is 37.9 Å². The van der Waals surface area contributed by atoms with Crippen LogP contribution in [0.25, 0.3) is 0 Å². The van der Waals surface area contributed by atoms with Crippen molar-refractivity contribution in [3.63, 3.8) is 0 Å². The summed E-state index contributed by atoms with van der Waals surface area (Å²) in [5, 5.41) is 26.9. The Morgan fingerprint density at radius 2 is 0.679 bits per heavy atom. The average Bonchev–Trinajstić information content (AvgIpc) is 2.46. The molecule has 28 heavy (non-hydrogen) atoms. The molecule has 0 aliphatic heterocycles. The van der Waals surface area contributed by atoms with Crippen LogP contribution in [-0.4, -0.2) is 47.1 Å². The van der Waals surface area contributed by atoms with Crippen molar-refractivity contribution in [3.05, 3.63) is 35.5 Å². The minimum Gasteiger partial charge on any atom is -0.512 e. The van der Waals surface area contributed by atoms with Crippen molar-refractivity contribution in [2.24, 2.45) is 17.8 Å². The van der Waals surface area contributed by atoms with Gasteiger partial charge in [0.15, 0.2) is 0 Å². The predicted molar refractivity (Wildman–Crippen MR) is 114 cm³/mol. The molecule has 0 saturated heterocycles. The van der Waals surface area contributed by atoms with E-state index in [1.54, 1.807) is 0 Å². The van der Waals surface area contributed by atoms with Gasteiger partial charge in [-0.1, -0.05) is 41.5 Å². The smallest absolute Gasteiger partial charge is 0.316 e. The fourth-order valence-electron chi connectivity index (χ4n) is 1.14. The van der Waals surface area contributed by atoms with Gasteiger partial charge in [0.05, 0.1) is 39.0 Å². The average molecular weight is 580 g/mol. The summed E-state index contributed by atoms with van der Waals surface area (Å²) in [6.07, 6.45) is 4.06. The Kier molecular flexibility index (Phi) is 22.5. The molecule has 0 spiro atoms. The van der Waals surface area contributed by atoms with Gasteiger partial charge in [0.2, 0.25) is 0 Å². The van der Waals surface area contributed by atoms with Gasteiger partial charge in [-0.3, -0.25) is 14.4 Å². The number of allylic oxidation sites excluding steroid dienone is 6. The molecule has 0 aromatic heterocycles. The number of carbonyl (C=O) groups excluding carboxylic acids is 3. The summed E-state index contributed by atoms with van der Waals surface area (Å²) in [5.41, 5.74) is 0. The molecule has 0 heterocycles. The van der Waals surface area contributed by atoms with Crippen LogP contribution < -0.4 is 0 Å². The Hall–Kier alpha value is -1.72. The molecule has 0 rings (SSSR count). The second-order valence-corrected chi connectivity index (χ2v) is 7.10. The summed E-state index contributed by atoms with van der Waals surface area (Å²) < 4.78 is 0. The molecule has 0 fully saturated rings. The quantitative estimate of drug-likeness (QED) is 0.234. The van der Waals surface area contributed by atoms with E-state index in [0.717, 1.165) is 0 Å². The number of aliphatic hydroxyl groups is 3. The Morgan fingerprint density at radius 3 is 0.714 bits per heavy atom. The monoisotopic (exact) mass is 580 g/mol. The predicted octanol–water partition coefficient (Wildman–Crippen LogP) is 4.94. The summed E-state index contributed by atoms with van der Waals surface area (Å²) >= 11 is 0. The largest absolute Gasteiger partial charge is 0.512 e. The Balaban J connectivity index is -0.000000152. The fourth-order valence-corrected chi connectivity index (χ4v) is 1.14. The zero-order valence-corrected chi connectivity index (χ0v) is 20.9. The fraction of sp³-hybridized carbons (Fsp3) is 0.571. The first-order valence-electron chi connectivity index (χ1n) is 8.90. The van der Waals surface area contributed by atoms with Crippen molar-refractivity contribution in [2.45, 2.75) is 62.3 Å². The van der Waals surface area contributed by atoms with E-state index in [0.29, 0.717) is 0 Å². The molecule has 0 aliphatic rings. The SMILES string of the molecule is CC(=[OH+])/C=C(\O)C(C)C.CC(=[OH+])/C=C(\O)C(C)C.CC(=[OH+])/C=C(\O)C(C)C.[Ir]. The van der Waals surface area contributed by atoms with E-state index in [-0.39, 0.29) is 72.5 Å². The van der Waals surface area contributed by atoms with Crippen molar-refractivity contribution >= 4 is 17.3 Å². The van der Waals surface area contributed by atoms with E-state index in [1.165, 1.54) is 39.0 Å².